The highest BCUT2D eigenvalue weighted by molar-refractivity contribution is 7.98. The van der Waals surface area contributed by atoms with E-state index in [0.29, 0.717) is 0 Å². The average molecular weight is 359 g/mol. The van der Waals surface area contributed by atoms with E-state index >= 15 is 0 Å². The van der Waals surface area contributed by atoms with Crippen molar-refractivity contribution in [2.24, 2.45) is 0 Å². The second-order valence-electron chi connectivity index (χ2n) is 6.04. The van der Waals surface area contributed by atoms with Crippen molar-refractivity contribution in [2.75, 3.05) is 46.7 Å². The van der Waals surface area contributed by atoms with Gasteiger partial charge in [-0.05, 0) is 36.1 Å². The van der Waals surface area contributed by atoms with Gasteiger partial charge < -0.3 is 14.8 Å². The molecule has 1 N–H and O–H groups in total. The summed E-state index contributed by atoms with van der Waals surface area (Å²) < 4.78 is 11.4. The van der Waals surface area contributed by atoms with E-state index in [2.05, 4.69) is 40.7 Å². The lowest BCUT2D eigenvalue weighted by Gasteiger charge is -2.36. The first kappa shape index (κ1) is 18.1. The molecule has 0 bridgehead atoms. The van der Waals surface area contributed by atoms with Crippen molar-refractivity contribution in [1.29, 1.82) is 0 Å². The molecule has 0 saturated carbocycles. The van der Waals surface area contributed by atoms with Crippen LogP contribution in [-0.4, -0.2) is 51.6 Å². The van der Waals surface area contributed by atoms with E-state index in [-0.39, 0.29) is 6.04 Å². The number of benzene rings is 2. The Kier molecular flexibility index (Phi) is 6.24. The molecule has 134 valence electrons. The highest BCUT2D eigenvalue weighted by atomic mass is 32.2. The van der Waals surface area contributed by atoms with Gasteiger partial charge in [0, 0.05) is 31.1 Å². The predicted octanol–water partition coefficient (Wildman–Crippen LogP) is 3.42. The number of ether oxygens (including phenoxy) is 2. The van der Waals surface area contributed by atoms with E-state index in [0.717, 1.165) is 43.2 Å². The van der Waals surface area contributed by atoms with Crippen LogP contribution in [0.5, 0.6) is 11.5 Å². The molecular weight excluding hydrogens is 332 g/mol. The summed E-state index contributed by atoms with van der Waals surface area (Å²) in [5, 5.41) is 3.44. The molecule has 0 aromatic heterocycles. The van der Waals surface area contributed by atoms with E-state index in [1.165, 1.54) is 10.5 Å². The Morgan fingerprint density at radius 1 is 0.960 bits per heavy atom. The topological polar surface area (TPSA) is 33.7 Å². The van der Waals surface area contributed by atoms with E-state index in [9.17, 15) is 0 Å². The minimum atomic E-state index is 0.115. The Labute approximate surface area is 154 Å². The molecular formula is C20H26N2O2S. The van der Waals surface area contributed by atoms with Crippen molar-refractivity contribution in [3.63, 3.8) is 0 Å². The summed E-state index contributed by atoms with van der Waals surface area (Å²) in [6.45, 7) is 3.99. The van der Waals surface area contributed by atoms with Gasteiger partial charge in [-0.25, -0.2) is 0 Å². The van der Waals surface area contributed by atoms with Gasteiger partial charge in [0.1, 0.15) is 11.5 Å². The lowest BCUT2D eigenvalue weighted by Crippen LogP contribution is -2.45. The molecule has 0 spiro atoms. The first-order chi connectivity index (χ1) is 12.3. The molecule has 1 aliphatic rings. The molecule has 0 amide bonds. The summed E-state index contributed by atoms with van der Waals surface area (Å²) in [4.78, 5) is 3.78. The number of hydrogen-bond donors (Lipinski definition) is 1. The Bertz CT molecular complexity index is 662. The molecule has 0 radical (unpaired) electrons. The maximum atomic E-state index is 5.70. The summed E-state index contributed by atoms with van der Waals surface area (Å²) in [6, 6.07) is 15.0. The second-order valence-corrected chi connectivity index (χ2v) is 6.92. The normalized spacial score (nSPS) is 16.4. The SMILES string of the molecule is COc1cccc(OC)c1C(c1ccc(SC)cc1)N1CCNCC1. The smallest absolute Gasteiger partial charge is 0.127 e. The molecule has 2 aromatic rings. The first-order valence-corrected chi connectivity index (χ1v) is 9.80. The number of methoxy groups -OCH3 is 2. The van der Waals surface area contributed by atoms with Crippen LogP contribution in [-0.2, 0) is 0 Å². The van der Waals surface area contributed by atoms with E-state index in [1.54, 1.807) is 26.0 Å². The maximum absolute atomic E-state index is 5.70. The van der Waals surface area contributed by atoms with Crippen molar-refractivity contribution in [3.05, 3.63) is 53.6 Å². The van der Waals surface area contributed by atoms with Crippen LogP contribution in [0.4, 0.5) is 0 Å². The summed E-state index contributed by atoms with van der Waals surface area (Å²) in [7, 11) is 3.45. The highest BCUT2D eigenvalue weighted by Crippen LogP contribution is 2.41. The Morgan fingerprint density at radius 2 is 1.56 bits per heavy atom. The van der Waals surface area contributed by atoms with Crippen LogP contribution in [0.25, 0.3) is 0 Å². The number of nitrogens with zero attached hydrogens (tertiary/aromatic N) is 1. The number of thioether (sulfide) groups is 1. The fourth-order valence-electron chi connectivity index (χ4n) is 3.44. The fourth-order valence-corrected chi connectivity index (χ4v) is 3.84. The molecule has 1 aliphatic heterocycles. The van der Waals surface area contributed by atoms with E-state index < -0.39 is 0 Å². The van der Waals surface area contributed by atoms with E-state index in [4.69, 9.17) is 9.47 Å². The third-order valence-electron chi connectivity index (χ3n) is 4.69. The van der Waals surface area contributed by atoms with Gasteiger partial charge in [0.15, 0.2) is 0 Å². The van der Waals surface area contributed by atoms with Crippen molar-refractivity contribution in [1.82, 2.24) is 10.2 Å². The molecule has 1 atom stereocenters. The highest BCUT2D eigenvalue weighted by Gasteiger charge is 2.29. The zero-order valence-electron chi connectivity index (χ0n) is 15.1. The number of rotatable bonds is 6. The molecule has 1 heterocycles. The lowest BCUT2D eigenvalue weighted by molar-refractivity contribution is 0.192. The van der Waals surface area contributed by atoms with Crippen molar-refractivity contribution in [2.45, 2.75) is 10.9 Å². The van der Waals surface area contributed by atoms with Crippen LogP contribution >= 0.6 is 11.8 Å². The molecule has 5 heteroatoms. The van der Waals surface area contributed by atoms with Crippen molar-refractivity contribution in [3.8, 4) is 11.5 Å². The number of hydrogen-bond acceptors (Lipinski definition) is 5. The van der Waals surface area contributed by atoms with Gasteiger partial charge in [-0.1, -0.05) is 18.2 Å². The van der Waals surface area contributed by atoms with E-state index in [1.807, 2.05) is 18.2 Å². The van der Waals surface area contributed by atoms with Crippen LogP contribution in [0.3, 0.4) is 0 Å². The molecule has 25 heavy (non-hydrogen) atoms. The molecule has 0 aliphatic carbocycles. The number of nitrogens with one attached hydrogen (secondary N) is 1. The minimum absolute atomic E-state index is 0.115. The predicted molar refractivity (Wildman–Crippen MR) is 104 cm³/mol. The van der Waals surface area contributed by atoms with Crippen molar-refractivity contribution >= 4 is 11.8 Å². The standard InChI is InChI=1S/C20H26N2O2S/c1-23-17-5-4-6-18(24-2)19(17)20(22-13-11-21-12-14-22)15-7-9-16(25-3)10-8-15/h4-10,20-21H,11-14H2,1-3H3. The molecule has 1 unspecified atom stereocenters. The van der Waals surface area contributed by atoms with Crippen LogP contribution < -0.4 is 14.8 Å². The van der Waals surface area contributed by atoms with Crippen LogP contribution in [0, 0.1) is 0 Å². The van der Waals surface area contributed by atoms with Gasteiger partial charge in [0.05, 0.1) is 25.8 Å². The summed E-state index contributed by atoms with van der Waals surface area (Å²) in [5.74, 6) is 1.74. The van der Waals surface area contributed by atoms with Gasteiger partial charge in [-0.3, -0.25) is 4.90 Å². The minimum Gasteiger partial charge on any atom is -0.496 e. The molecule has 1 fully saturated rings. The largest absolute Gasteiger partial charge is 0.496 e. The van der Waals surface area contributed by atoms with Crippen LogP contribution in [0.1, 0.15) is 17.2 Å². The number of piperazine rings is 1. The van der Waals surface area contributed by atoms with Gasteiger partial charge in [0.25, 0.3) is 0 Å². The molecule has 2 aromatic carbocycles. The zero-order chi connectivity index (χ0) is 17.6. The Balaban J connectivity index is 2.10. The maximum Gasteiger partial charge on any atom is 0.127 e. The fraction of sp³-hybridized carbons (Fsp3) is 0.400. The molecule has 1 saturated heterocycles. The zero-order valence-corrected chi connectivity index (χ0v) is 15.9. The molecule has 4 nitrogen and oxygen atoms in total. The second kappa shape index (κ2) is 8.61. The van der Waals surface area contributed by atoms with Gasteiger partial charge >= 0.3 is 0 Å². The summed E-state index contributed by atoms with van der Waals surface area (Å²) in [6.07, 6.45) is 2.10. The van der Waals surface area contributed by atoms with Crippen molar-refractivity contribution < 1.29 is 9.47 Å². The van der Waals surface area contributed by atoms with Gasteiger partial charge in [-0.2, -0.15) is 0 Å². The Morgan fingerprint density at radius 3 is 2.08 bits per heavy atom. The summed E-state index contributed by atoms with van der Waals surface area (Å²) in [5.41, 5.74) is 2.37. The van der Waals surface area contributed by atoms with Crippen LogP contribution in [0.15, 0.2) is 47.4 Å². The third kappa shape index (κ3) is 3.94. The monoisotopic (exact) mass is 358 g/mol. The van der Waals surface area contributed by atoms with Crippen LogP contribution in [0.2, 0.25) is 0 Å². The van der Waals surface area contributed by atoms with Gasteiger partial charge in [0.2, 0.25) is 0 Å². The van der Waals surface area contributed by atoms with Gasteiger partial charge in [-0.15, -0.1) is 11.8 Å². The summed E-state index contributed by atoms with van der Waals surface area (Å²) >= 11 is 1.76. The lowest BCUT2D eigenvalue weighted by atomic mass is 9.94. The molecule has 3 rings (SSSR count). The first-order valence-electron chi connectivity index (χ1n) is 8.58. The average Bonchev–Trinajstić information content (AvgIpc) is 2.69. The quantitative estimate of drug-likeness (QED) is 0.800. The Hall–Kier alpha value is -1.69. The third-order valence-corrected chi connectivity index (χ3v) is 5.43.